The van der Waals surface area contributed by atoms with E-state index in [4.69, 9.17) is 5.73 Å². The highest BCUT2D eigenvalue weighted by atomic mass is 16.3. The van der Waals surface area contributed by atoms with E-state index in [1.165, 1.54) is 32.2 Å². The predicted octanol–water partition coefficient (Wildman–Crippen LogP) is 0.570. The van der Waals surface area contributed by atoms with Gasteiger partial charge in [0.05, 0.1) is 5.60 Å². The van der Waals surface area contributed by atoms with Crippen LogP contribution in [0.15, 0.2) is 0 Å². The summed E-state index contributed by atoms with van der Waals surface area (Å²) in [6.07, 6.45) is 5.39. The quantitative estimate of drug-likeness (QED) is 0.656. The fraction of sp³-hybridized carbons (Fsp3) is 1.00. The number of aliphatic hydroxyl groups is 1. The van der Waals surface area contributed by atoms with Crippen molar-refractivity contribution in [3.8, 4) is 0 Å². The lowest BCUT2D eigenvalue weighted by Crippen LogP contribution is -2.47. The number of nitrogens with zero attached hydrogens (tertiary/aromatic N) is 1. The van der Waals surface area contributed by atoms with Gasteiger partial charge in [0.15, 0.2) is 0 Å². The van der Waals surface area contributed by atoms with E-state index in [-0.39, 0.29) is 0 Å². The molecule has 1 atom stereocenters. The Hall–Kier alpha value is -0.120. The number of hydrogen-bond donors (Lipinski definition) is 2. The van der Waals surface area contributed by atoms with Crippen LogP contribution in [0, 0.1) is 5.92 Å². The third kappa shape index (κ3) is 2.94. The molecule has 0 bridgehead atoms. The zero-order valence-electron chi connectivity index (χ0n) is 9.08. The molecule has 0 heterocycles. The number of nitrogens with two attached hydrogens (primary N) is 1. The lowest BCUT2D eigenvalue weighted by atomic mass is 10.1. The molecule has 2 saturated carbocycles. The molecule has 3 N–H and O–H groups in total. The summed E-state index contributed by atoms with van der Waals surface area (Å²) in [5.74, 6) is 0.907. The molecule has 2 rings (SSSR count). The summed E-state index contributed by atoms with van der Waals surface area (Å²) in [7, 11) is 0. The van der Waals surface area contributed by atoms with E-state index >= 15 is 0 Å². The van der Waals surface area contributed by atoms with Crippen LogP contribution in [0.4, 0.5) is 0 Å². The summed E-state index contributed by atoms with van der Waals surface area (Å²) < 4.78 is 0. The maximum Gasteiger partial charge on any atom is 0.0867 e. The van der Waals surface area contributed by atoms with Crippen LogP contribution in [0.25, 0.3) is 0 Å². The molecule has 0 aromatic rings. The fourth-order valence-electron chi connectivity index (χ4n) is 1.92. The Morgan fingerprint density at radius 2 is 2.00 bits per heavy atom. The molecule has 0 aromatic heterocycles. The molecule has 82 valence electrons. The SMILES string of the molecule is CC(O)(CN)CN(CC1CC1)C1CC1. The van der Waals surface area contributed by atoms with Crippen molar-refractivity contribution in [1.82, 2.24) is 4.90 Å². The smallest absolute Gasteiger partial charge is 0.0867 e. The molecule has 0 amide bonds. The van der Waals surface area contributed by atoms with Gasteiger partial charge in [-0.3, -0.25) is 4.90 Å². The zero-order chi connectivity index (χ0) is 10.2. The minimum Gasteiger partial charge on any atom is -0.388 e. The van der Waals surface area contributed by atoms with Crippen molar-refractivity contribution in [2.75, 3.05) is 19.6 Å². The first-order chi connectivity index (χ1) is 6.61. The first-order valence-corrected chi connectivity index (χ1v) is 5.77. The second-order valence-corrected chi connectivity index (χ2v) is 5.31. The van der Waals surface area contributed by atoms with Crippen molar-refractivity contribution >= 4 is 0 Å². The van der Waals surface area contributed by atoms with Crippen molar-refractivity contribution < 1.29 is 5.11 Å². The summed E-state index contributed by atoms with van der Waals surface area (Å²) in [6, 6.07) is 0.744. The third-order valence-electron chi connectivity index (χ3n) is 3.24. The highest BCUT2D eigenvalue weighted by Crippen LogP contribution is 2.35. The first-order valence-electron chi connectivity index (χ1n) is 5.77. The van der Waals surface area contributed by atoms with Gasteiger partial charge in [-0.1, -0.05) is 0 Å². The summed E-state index contributed by atoms with van der Waals surface area (Å²) in [4.78, 5) is 2.45. The monoisotopic (exact) mass is 198 g/mol. The van der Waals surface area contributed by atoms with Gasteiger partial charge in [-0.2, -0.15) is 0 Å². The normalized spacial score (nSPS) is 26.6. The molecule has 2 aliphatic rings. The van der Waals surface area contributed by atoms with Crippen molar-refractivity contribution in [1.29, 1.82) is 0 Å². The Morgan fingerprint density at radius 1 is 1.36 bits per heavy atom. The molecule has 0 aromatic carbocycles. The predicted molar refractivity (Wildman–Crippen MR) is 57.0 cm³/mol. The second-order valence-electron chi connectivity index (χ2n) is 5.31. The molecule has 2 fully saturated rings. The van der Waals surface area contributed by atoms with Crippen LogP contribution in [0.1, 0.15) is 32.6 Å². The largest absolute Gasteiger partial charge is 0.388 e. The molecule has 0 saturated heterocycles. The van der Waals surface area contributed by atoms with Crippen LogP contribution in [0.2, 0.25) is 0 Å². The Morgan fingerprint density at radius 3 is 2.43 bits per heavy atom. The average molecular weight is 198 g/mol. The Kier molecular flexibility index (Phi) is 2.82. The average Bonchev–Trinajstić information content (AvgIpc) is 2.97. The number of rotatable bonds is 6. The molecule has 0 aliphatic heterocycles. The molecule has 3 nitrogen and oxygen atoms in total. The first kappa shape index (κ1) is 10.4. The topological polar surface area (TPSA) is 49.5 Å². The summed E-state index contributed by atoms with van der Waals surface area (Å²) in [6.45, 7) is 4.14. The minimum absolute atomic E-state index is 0.362. The zero-order valence-corrected chi connectivity index (χ0v) is 9.08. The van der Waals surface area contributed by atoms with Crippen LogP contribution >= 0.6 is 0 Å². The van der Waals surface area contributed by atoms with Gasteiger partial charge in [-0.05, 0) is 38.5 Å². The lowest BCUT2D eigenvalue weighted by molar-refractivity contribution is 0.0231. The van der Waals surface area contributed by atoms with Gasteiger partial charge in [0.2, 0.25) is 0 Å². The summed E-state index contributed by atoms with van der Waals surface area (Å²) in [5, 5.41) is 9.94. The molecule has 14 heavy (non-hydrogen) atoms. The standard InChI is InChI=1S/C11H22N2O/c1-11(14,7-12)8-13(10-4-5-10)6-9-2-3-9/h9-10,14H,2-8,12H2,1H3. The Balaban J connectivity index is 1.82. The van der Waals surface area contributed by atoms with Gasteiger partial charge in [-0.25, -0.2) is 0 Å². The molecular weight excluding hydrogens is 176 g/mol. The van der Waals surface area contributed by atoms with Gasteiger partial charge >= 0.3 is 0 Å². The molecule has 2 aliphatic carbocycles. The van der Waals surface area contributed by atoms with E-state index in [0.29, 0.717) is 6.54 Å². The summed E-state index contributed by atoms with van der Waals surface area (Å²) in [5.41, 5.74) is 4.85. The van der Waals surface area contributed by atoms with Gasteiger partial charge in [0, 0.05) is 25.7 Å². The molecule has 0 radical (unpaired) electrons. The van der Waals surface area contributed by atoms with Crippen LogP contribution in [0.5, 0.6) is 0 Å². The molecule has 3 heteroatoms. The maximum atomic E-state index is 9.94. The van der Waals surface area contributed by atoms with E-state index < -0.39 is 5.60 Å². The van der Waals surface area contributed by atoms with E-state index in [1.54, 1.807) is 0 Å². The molecule has 0 spiro atoms. The fourth-order valence-corrected chi connectivity index (χ4v) is 1.92. The van der Waals surface area contributed by atoms with Crippen molar-refractivity contribution in [2.45, 2.75) is 44.2 Å². The van der Waals surface area contributed by atoms with Crippen molar-refractivity contribution in [2.24, 2.45) is 11.7 Å². The van der Waals surface area contributed by atoms with Gasteiger partial charge in [0.25, 0.3) is 0 Å². The van der Waals surface area contributed by atoms with Crippen LogP contribution in [-0.2, 0) is 0 Å². The van der Waals surface area contributed by atoms with E-state index in [1.807, 2.05) is 6.92 Å². The highest BCUT2D eigenvalue weighted by Gasteiger charge is 2.36. The molecule has 1 unspecified atom stereocenters. The van der Waals surface area contributed by atoms with E-state index in [0.717, 1.165) is 18.5 Å². The van der Waals surface area contributed by atoms with Crippen molar-refractivity contribution in [3.05, 3.63) is 0 Å². The van der Waals surface area contributed by atoms with E-state index in [9.17, 15) is 5.11 Å². The van der Waals surface area contributed by atoms with Gasteiger partial charge in [0.1, 0.15) is 0 Å². The Labute approximate surface area is 86.3 Å². The number of hydrogen-bond acceptors (Lipinski definition) is 3. The highest BCUT2D eigenvalue weighted by molar-refractivity contribution is 4.92. The third-order valence-corrected chi connectivity index (χ3v) is 3.24. The van der Waals surface area contributed by atoms with Crippen LogP contribution in [-0.4, -0.2) is 41.3 Å². The van der Waals surface area contributed by atoms with Crippen molar-refractivity contribution in [3.63, 3.8) is 0 Å². The van der Waals surface area contributed by atoms with Gasteiger partial charge in [-0.15, -0.1) is 0 Å². The minimum atomic E-state index is -0.697. The van der Waals surface area contributed by atoms with Crippen LogP contribution in [0.3, 0.4) is 0 Å². The van der Waals surface area contributed by atoms with Crippen LogP contribution < -0.4 is 5.73 Å². The maximum absolute atomic E-state index is 9.94. The second kappa shape index (κ2) is 3.80. The van der Waals surface area contributed by atoms with E-state index in [2.05, 4.69) is 4.90 Å². The molecular formula is C11H22N2O. The summed E-state index contributed by atoms with van der Waals surface area (Å²) >= 11 is 0. The Bertz CT molecular complexity index is 197. The lowest BCUT2D eigenvalue weighted by Gasteiger charge is -2.30. The van der Waals surface area contributed by atoms with Gasteiger partial charge < -0.3 is 10.8 Å².